The number of aromatic nitrogens is 2. The summed E-state index contributed by atoms with van der Waals surface area (Å²) in [5, 5.41) is 2.90. The van der Waals surface area contributed by atoms with Gasteiger partial charge in [0.05, 0.1) is 27.6 Å². The van der Waals surface area contributed by atoms with Gasteiger partial charge in [0, 0.05) is 13.1 Å². The molecule has 0 spiro atoms. The van der Waals surface area contributed by atoms with Gasteiger partial charge in [0.25, 0.3) is 0 Å². The van der Waals surface area contributed by atoms with Crippen LogP contribution < -0.4 is 10.1 Å². The molecule has 1 aromatic carbocycles. The lowest BCUT2D eigenvalue weighted by Gasteiger charge is -2.08. The van der Waals surface area contributed by atoms with Gasteiger partial charge in [-0.05, 0) is 22.0 Å². The summed E-state index contributed by atoms with van der Waals surface area (Å²) in [4.78, 5) is 8.25. The van der Waals surface area contributed by atoms with Crippen molar-refractivity contribution in [3.05, 3.63) is 45.5 Å². The van der Waals surface area contributed by atoms with Crippen LogP contribution in [0.25, 0.3) is 0 Å². The van der Waals surface area contributed by atoms with Crippen LogP contribution >= 0.6 is 27.5 Å². The predicted octanol–water partition coefficient (Wildman–Crippen LogP) is 3.65. The number of nitrogens with one attached hydrogen (secondary N) is 1. The molecule has 1 heterocycles. The summed E-state index contributed by atoms with van der Waals surface area (Å²) in [7, 11) is 1.76. The zero-order valence-electron chi connectivity index (χ0n) is 9.95. The van der Waals surface area contributed by atoms with E-state index >= 15 is 0 Å². The Morgan fingerprint density at radius 1 is 1.37 bits per heavy atom. The summed E-state index contributed by atoms with van der Waals surface area (Å²) in [6.07, 6.45) is 3.18. The van der Waals surface area contributed by atoms with Crippen LogP contribution in [0.4, 0.5) is 10.2 Å². The van der Waals surface area contributed by atoms with Crippen molar-refractivity contribution in [3.8, 4) is 5.75 Å². The third-order valence-electron chi connectivity index (χ3n) is 2.31. The molecule has 0 saturated carbocycles. The van der Waals surface area contributed by atoms with E-state index in [1.54, 1.807) is 19.4 Å². The molecule has 0 saturated heterocycles. The average molecular weight is 347 g/mol. The van der Waals surface area contributed by atoms with Crippen molar-refractivity contribution >= 4 is 33.3 Å². The maximum absolute atomic E-state index is 13.3. The van der Waals surface area contributed by atoms with E-state index in [4.69, 9.17) is 16.3 Å². The molecular weight excluding hydrogens is 337 g/mol. The van der Waals surface area contributed by atoms with E-state index in [0.717, 1.165) is 0 Å². The third kappa shape index (κ3) is 3.54. The van der Waals surface area contributed by atoms with Crippen molar-refractivity contribution in [2.75, 3.05) is 12.4 Å². The first-order valence-corrected chi connectivity index (χ1v) is 6.53. The number of benzene rings is 1. The fourth-order valence-corrected chi connectivity index (χ4v) is 2.08. The molecule has 0 atom stereocenters. The van der Waals surface area contributed by atoms with Crippen molar-refractivity contribution < 1.29 is 9.13 Å². The topological polar surface area (TPSA) is 47.0 Å². The highest BCUT2D eigenvalue weighted by atomic mass is 79.9. The van der Waals surface area contributed by atoms with Crippen molar-refractivity contribution in [1.29, 1.82) is 0 Å². The zero-order valence-corrected chi connectivity index (χ0v) is 12.3. The summed E-state index contributed by atoms with van der Waals surface area (Å²) in [6.45, 7) is 0.191. The largest absolute Gasteiger partial charge is 0.486 e. The van der Waals surface area contributed by atoms with Gasteiger partial charge in [0.15, 0.2) is 0 Å². The van der Waals surface area contributed by atoms with Crippen LogP contribution in [0.2, 0.25) is 5.02 Å². The Bertz CT molecular complexity index is 580. The number of halogens is 3. The van der Waals surface area contributed by atoms with Gasteiger partial charge in [-0.25, -0.2) is 9.37 Å². The van der Waals surface area contributed by atoms with Crippen molar-refractivity contribution in [2.24, 2.45) is 0 Å². The van der Waals surface area contributed by atoms with Gasteiger partial charge in [0.1, 0.15) is 24.0 Å². The molecular formula is C12H10BrClFN3O. The maximum Gasteiger partial charge on any atom is 0.145 e. The zero-order chi connectivity index (χ0) is 13.8. The Hall–Kier alpha value is -1.40. The van der Waals surface area contributed by atoms with E-state index in [0.29, 0.717) is 21.7 Å². The molecule has 0 aliphatic rings. The monoisotopic (exact) mass is 345 g/mol. The second-order valence-corrected chi connectivity index (χ2v) is 4.89. The van der Waals surface area contributed by atoms with Gasteiger partial charge >= 0.3 is 0 Å². The minimum Gasteiger partial charge on any atom is -0.486 e. The molecule has 0 aliphatic heterocycles. The SMILES string of the molecule is CNc1cnc(COc2cc(F)c(Cl)cc2Br)cn1. The lowest BCUT2D eigenvalue weighted by atomic mass is 10.3. The van der Waals surface area contributed by atoms with Crippen LogP contribution in [0.15, 0.2) is 29.0 Å². The van der Waals surface area contributed by atoms with Gasteiger partial charge in [-0.2, -0.15) is 0 Å². The minimum atomic E-state index is -0.531. The Morgan fingerprint density at radius 2 is 2.16 bits per heavy atom. The predicted molar refractivity (Wildman–Crippen MR) is 75.0 cm³/mol. The van der Waals surface area contributed by atoms with Crippen molar-refractivity contribution in [2.45, 2.75) is 6.61 Å². The number of hydrogen-bond donors (Lipinski definition) is 1. The first-order chi connectivity index (χ1) is 9.10. The number of nitrogens with zero attached hydrogens (tertiary/aromatic N) is 2. The summed E-state index contributed by atoms with van der Waals surface area (Å²) >= 11 is 8.90. The van der Waals surface area contributed by atoms with Gasteiger partial charge in [0.2, 0.25) is 0 Å². The van der Waals surface area contributed by atoms with Crippen LogP contribution in [-0.4, -0.2) is 17.0 Å². The maximum atomic E-state index is 13.3. The lowest BCUT2D eigenvalue weighted by molar-refractivity contribution is 0.297. The molecule has 0 aliphatic carbocycles. The van der Waals surface area contributed by atoms with Crippen LogP contribution in [0, 0.1) is 5.82 Å². The minimum absolute atomic E-state index is 0.0392. The Labute approximate surface area is 123 Å². The van der Waals surface area contributed by atoms with Gasteiger partial charge in [-0.3, -0.25) is 4.98 Å². The van der Waals surface area contributed by atoms with Gasteiger partial charge in [-0.1, -0.05) is 11.6 Å². The Kier molecular flexibility index (Phi) is 4.55. The quantitative estimate of drug-likeness (QED) is 0.859. The molecule has 1 N–H and O–H groups in total. The van der Waals surface area contributed by atoms with E-state index in [1.807, 2.05) is 0 Å². The summed E-state index contributed by atoms with van der Waals surface area (Å²) in [5.74, 6) is 0.500. The molecule has 0 amide bonds. The van der Waals surface area contributed by atoms with Crippen molar-refractivity contribution in [3.63, 3.8) is 0 Å². The highest BCUT2D eigenvalue weighted by Crippen LogP contribution is 2.30. The van der Waals surface area contributed by atoms with E-state index in [1.165, 1.54) is 12.1 Å². The fraction of sp³-hybridized carbons (Fsp3) is 0.167. The van der Waals surface area contributed by atoms with Gasteiger partial charge in [-0.15, -0.1) is 0 Å². The number of ether oxygens (including phenoxy) is 1. The van der Waals surface area contributed by atoms with E-state index < -0.39 is 5.82 Å². The molecule has 19 heavy (non-hydrogen) atoms. The molecule has 2 aromatic rings. The second-order valence-electron chi connectivity index (χ2n) is 3.63. The smallest absolute Gasteiger partial charge is 0.145 e. The van der Waals surface area contributed by atoms with Crippen molar-refractivity contribution in [1.82, 2.24) is 9.97 Å². The van der Waals surface area contributed by atoms with E-state index in [9.17, 15) is 4.39 Å². The first kappa shape index (κ1) is 14.0. The highest BCUT2D eigenvalue weighted by molar-refractivity contribution is 9.10. The highest BCUT2D eigenvalue weighted by Gasteiger charge is 2.08. The fourth-order valence-electron chi connectivity index (χ4n) is 1.33. The molecule has 0 unspecified atom stereocenters. The second kappa shape index (κ2) is 6.16. The van der Waals surface area contributed by atoms with Gasteiger partial charge < -0.3 is 10.1 Å². The summed E-state index contributed by atoms with van der Waals surface area (Å²) < 4.78 is 19.4. The number of rotatable bonds is 4. The summed E-state index contributed by atoms with van der Waals surface area (Å²) in [6, 6.07) is 2.67. The molecule has 0 bridgehead atoms. The first-order valence-electron chi connectivity index (χ1n) is 5.36. The Morgan fingerprint density at radius 3 is 2.79 bits per heavy atom. The van der Waals surface area contributed by atoms with E-state index in [-0.39, 0.29) is 11.6 Å². The summed E-state index contributed by atoms with van der Waals surface area (Å²) in [5.41, 5.74) is 0.640. The molecule has 0 radical (unpaired) electrons. The normalized spacial score (nSPS) is 10.3. The molecule has 4 nitrogen and oxygen atoms in total. The molecule has 100 valence electrons. The van der Waals surface area contributed by atoms with Crippen LogP contribution in [0.3, 0.4) is 0 Å². The molecule has 7 heteroatoms. The van der Waals surface area contributed by atoms with Crippen LogP contribution in [0.1, 0.15) is 5.69 Å². The van der Waals surface area contributed by atoms with E-state index in [2.05, 4.69) is 31.2 Å². The third-order valence-corrected chi connectivity index (χ3v) is 3.22. The number of anilines is 1. The van der Waals surface area contributed by atoms with Crippen LogP contribution in [0.5, 0.6) is 5.75 Å². The molecule has 1 aromatic heterocycles. The lowest BCUT2D eigenvalue weighted by Crippen LogP contribution is -2.01. The average Bonchev–Trinajstić information content (AvgIpc) is 2.42. The number of hydrogen-bond acceptors (Lipinski definition) is 4. The Balaban J connectivity index is 2.07. The molecule has 0 fully saturated rings. The van der Waals surface area contributed by atoms with Crippen LogP contribution in [-0.2, 0) is 6.61 Å². The standard InChI is InChI=1S/C12H10BrClFN3O/c1-16-12-5-17-7(4-18-12)6-19-11-3-10(15)9(14)2-8(11)13/h2-5H,6H2,1H3,(H,16,18). The molecule has 2 rings (SSSR count).